The Hall–Kier alpha value is -4.18. The molecule has 0 radical (unpaired) electrons. The Bertz CT molecular complexity index is 1360. The highest BCUT2D eigenvalue weighted by Gasteiger charge is 2.29. The number of benzene rings is 3. The van der Waals surface area contributed by atoms with Crippen molar-refractivity contribution in [2.24, 2.45) is 5.10 Å². The molecule has 0 aliphatic heterocycles. The number of para-hydroxylation sites is 1. The van der Waals surface area contributed by atoms with Crippen molar-refractivity contribution in [1.29, 1.82) is 0 Å². The molecule has 0 fully saturated rings. The number of hydrogen-bond donors (Lipinski definition) is 2. The predicted octanol–water partition coefficient (Wildman–Crippen LogP) is 4.13. The molecule has 0 saturated carbocycles. The average molecular weight is 509 g/mol. The maximum Gasteiger partial charge on any atom is 0.263 e. The van der Waals surface area contributed by atoms with Crippen molar-refractivity contribution in [3.8, 4) is 11.5 Å². The summed E-state index contributed by atoms with van der Waals surface area (Å²) in [4.78, 5) is 24.1. The molecule has 188 valence electrons. The van der Waals surface area contributed by atoms with Gasteiger partial charge in [0.05, 0.1) is 17.7 Å². The smallest absolute Gasteiger partial charge is 0.263 e. The van der Waals surface area contributed by atoms with Crippen LogP contribution in [-0.4, -0.2) is 38.2 Å². The van der Waals surface area contributed by atoms with Crippen LogP contribution in [0.25, 0.3) is 0 Å². The fourth-order valence-corrected chi connectivity index (χ4v) is 4.59. The number of hydrogen-bond acceptors (Lipinski definition) is 6. The number of carbonyl (C=O) groups is 2. The summed E-state index contributed by atoms with van der Waals surface area (Å²) in [6.07, 6.45) is 1.03. The first-order valence-electron chi connectivity index (χ1n) is 11.1. The topological polar surface area (TPSA) is 117 Å². The fourth-order valence-electron chi connectivity index (χ4n) is 3.42. The van der Waals surface area contributed by atoms with E-state index in [2.05, 4.69) is 15.8 Å². The van der Waals surface area contributed by atoms with Crippen molar-refractivity contribution in [2.45, 2.75) is 26.8 Å². The predicted molar refractivity (Wildman–Crippen MR) is 141 cm³/mol. The number of sulfonamides is 1. The maximum atomic E-state index is 12.9. The van der Waals surface area contributed by atoms with Gasteiger partial charge in [0.15, 0.2) is 0 Å². The molecule has 9 nitrogen and oxygen atoms in total. The van der Waals surface area contributed by atoms with Crippen molar-refractivity contribution >= 4 is 38.9 Å². The minimum atomic E-state index is -3.80. The van der Waals surface area contributed by atoms with Crippen molar-refractivity contribution < 1.29 is 22.7 Å². The lowest BCUT2D eigenvalue weighted by molar-refractivity contribution is -0.121. The Morgan fingerprint density at radius 2 is 1.56 bits per heavy atom. The Kier molecular flexibility index (Phi) is 8.44. The molecule has 0 saturated heterocycles. The fraction of sp³-hybridized carbons (Fsp3) is 0.192. The van der Waals surface area contributed by atoms with E-state index in [-0.39, 0.29) is 5.91 Å². The first kappa shape index (κ1) is 26.4. The highest BCUT2D eigenvalue weighted by atomic mass is 32.2. The van der Waals surface area contributed by atoms with Crippen LogP contribution < -0.4 is 19.8 Å². The zero-order valence-electron chi connectivity index (χ0n) is 20.4. The molecule has 0 aromatic heterocycles. The molecule has 2 N–H and O–H groups in total. The number of nitrogens with zero attached hydrogens (tertiary/aromatic N) is 2. The summed E-state index contributed by atoms with van der Waals surface area (Å²) in [7, 11) is -3.80. The first-order chi connectivity index (χ1) is 17.0. The standard InChI is InChI=1S/C26H28N4O5S/c1-18(21-9-8-10-22(17-21)27-20(3)31)28-29-26(32)19(2)30(36(4,33)34)23-13-15-25(16-14-23)35-24-11-6-5-7-12-24/h5-17,19H,1-4H3,(H,27,31)(H,29,32)/b28-18-/t19-/m0/s1. The van der Waals surface area contributed by atoms with Crippen LogP contribution in [0.5, 0.6) is 11.5 Å². The van der Waals surface area contributed by atoms with Gasteiger partial charge < -0.3 is 10.1 Å². The molecule has 3 aromatic carbocycles. The molecule has 0 aliphatic rings. The Balaban J connectivity index is 1.75. The van der Waals surface area contributed by atoms with E-state index in [1.807, 2.05) is 30.3 Å². The highest BCUT2D eigenvalue weighted by Crippen LogP contribution is 2.27. The van der Waals surface area contributed by atoms with Crippen LogP contribution in [0.3, 0.4) is 0 Å². The monoisotopic (exact) mass is 508 g/mol. The van der Waals surface area contributed by atoms with Gasteiger partial charge in [0.25, 0.3) is 5.91 Å². The summed E-state index contributed by atoms with van der Waals surface area (Å²) in [5.41, 5.74) is 4.51. The van der Waals surface area contributed by atoms with Gasteiger partial charge in [0, 0.05) is 12.6 Å². The van der Waals surface area contributed by atoms with E-state index in [4.69, 9.17) is 4.74 Å². The van der Waals surface area contributed by atoms with Crippen LogP contribution in [0.1, 0.15) is 26.3 Å². The summed E-state index contributed by atoms with van der Waals surface area (Å²) in [5.74, 6) is 0.359. The Morgan fingerprint density at radius 1 is 0.917 bits per heavy atom. The molecule has 2 amide bonds. The van der Waals surface area contributed by atoms with E-state index in [1.165, 1.54) is 13.8 Å². The molecule has 36 heavy (non-hydrogen) atoms. The van der Waals surface area contributed by atoms with Gasteiger partial charge in [-0.2, -0.15) is 5.10 Å². The van der Waals surface area contributed by atoms with E-state index < -0.39 is 22.0 Å². The van der Waals surface area contributed by atoms with Gasteiger partial charge in [-0.1, -0.05) is 30.3 Å². The lowest BCUT2D eigenvalue weighted by Gasteiger charge is -2.27. The third-order valence-corrected chi connectivity index (χ3v) is 6.33. The minimum absolute atomic E-state index is 0.204. The number of amides is 2. The van der Waals surface area contributed by atoms with Crippen LogP contribution in [0, 0.1) is 0 Å². The zero-order chi connectivity index (χ0) is 26.3. The summed E-state index contributed by atoms with van der Waals surface area (Å²) < 4.78 is 31.9. The van der Waals surface area contributed by atoms with Gasteiger partial charge in [-0.3, -0.25) is 13.9 Å². The third kappa shape index (κ3) is 7.16. The van der Waals surface area contributed by atoms with Gasteiger partial charge in [-0.05, 0) is 67.9 Å². The molecule has 0 aliphatic carbocycles. The van der Waals surface area contributed by atoms with E-state index in [0.29, 0.717) is 34.1 Å². The number of carbonyl (C=O) groups excluding carboxylic acids is 2. The van der Waals surface area contributed by atoms with Gasteiger partial charge >= 0.3 is 0 Å². The second-order valence-corrected chi connectivity index (χ2v) is 9.94. The molecule has 1 atom stereocenters. The van der Waals surface area contributed by atoms with Crippen molar-refractivity contribution in [1.82, 2.24) is 5.43 Å². The molecular formula is C26H28N4O5S. The minimum Gasteiger partial charge on any atom is -0.457 e. The summed E-state index contributed by atoms with van der Waals surface area (Å²) >= 11 is 0. The highest BCUT2D eigenvalue weighted by molar-refractivity contribution is 7.92. The first-order valence-corrected chi connectivity index (χ1v) is 12.9. The van der Waals surface area contributed by atoms with Crippen LogP contribution in [-0.2, 0) is 19.6 Å². The molecule has 0 heterocycles. The quantitative estimate of drug-likeness (QED) is 0.333. The number of nitrogens with one attached hydrogen (secondary N) is 2. The number of rotatable bonds is 9. The molecule has 0 spiro atoms. The second-order valence-electron chi connectivity index (χ2n) is 8.08. The number of ether oxygens (including phenoxy) is 1. The SMILES string of the molecule is CC(=O)Nc1cccc(/C(C)=N\NC(=O)[C@H](C)N(c2ccc(Oc3ccccc3)cc2)S(C)(=O)=O)c1. The van der Waals surface area contributed by atoms with Gasteiger partial charge in [-0.25, -0.2) is 13.8 Å². The van der Waals surface area contributed by atoms with E-state index in [9.17, 15) is 18.0 Å². The summed E-state index contributed by atoms with van der Waals surface area (Å²) in [6.45, 7) is 4.58. The molecule has 3 aromatic rings. The van der Waals surface area contributed by atoms with Gasteiger partial charge in [0.1, 0.15) is 17.5 Å². The molecule has 0 unspecified atom stereocenters. The zero-order valence-corrected chi connectivity index (χ0v) is 21.2. The number of anilines is 2. The van der Waals surface area contributed by atoms with E-state index in [1.54, 1.807) is 55.5 Å². The van der Waals surface area contributed by atoms with Gasteiger partial charge in [-0.15, -0.1) is 0 Å². The Labute approximate surface area is 210 Å². The summed E-state index contributed by atoms with van der Waals surface area (Å²) in [6, 6.07) is 21.5. The van der Waals surface area contributed by atoms with Crippen molar-refractivity contribution in [3.63, 3.8) is 0 Å². The molecule has 3 rings (SSSR count). The lowest BCUT2D eigenvalue weighted by Crippen LogP contribution is -2.46. The molecule has 0 bridgehead atoms. The third-order valence-electron chi connectivity index (χ3n) is 5.09. The van der Waals surface area contributed by atoms with Crippen LogP contribution >= 0.6 is 0 Å². The van der Waals surface area contributed by atoms with Gasteiger partial charge in [0.2, 0.25) is 15.9 Å². The largest absolute Gasteiger partial charge is 0.457 e. The number of hydrazone groups is 1. The van der Waals surface area contributed by atoms with Crippen LogP contribution in [0.4, 0.5) is 11.4 Å². The second kappa shape index (κ2) is 11.5. The van der Waals surface area contributed by atoms with Crippen LogP contribution in [0.2, 0.25) is 0 Å². The normalized spacial score (nSPS) is 12.4. The Morgan fingerprint density at radius 3 is 2.17 bits per heavy atom. The maximum absolute atomic E-state index is 12.9. The average Bonchev–Trinajstić information content (AvgIpc) is 2.83. The summed E-state index contributed by atoms with van der Waals surface area (Å²) in [5, 5.41) is 6.80. The molecular weight excluding hydrogens is 480 g/mol. The van der Waals surface area contributed by atoms with Crippen molar-refractivity contribution in [3.05, 3.63) is 84.4 Å². The molecule has 10 heteroatoms. The van der Waals surface area contributed by atoms with E-state index >= 15 is 0 Å². The van der Waals surface area contributed by atoms with E-state index in [0.717, 1.165) is 10.6 Å². The van der Waals surface area contributed by atoms with Crippen molar-refractivity contribution in [2.75, 3.05) is 15.9 Å². The van der Waals surface area contributed by atoms with Crippen LogP contribution in [0.15, 0.2) is 84.0 Å². The lowest BCUT2D eigenvalue weighted by atomic mass is 10.1.